The van der Waals surface area contributed by atoms with Gasteiger partial charge in [-0.3, -0.25) is 19.3 Å². The number of carbonyl (C=O) groups is 4. The van der Waals surface area contributed by atoms with Crippen LogP contribution in [-0.2, 0) is 30.5 Å². The molecule has 0 spiro atoms. The van der Waals surface area contributed by atoms with Crippen LogP contribution in [0.2, 0.25) is 0 Å². The number of nitrogens with zero attached hydrogens (tertiary/aromatic N) is 3. The van der Waals surface area contributed by atoms with E-state index in [2.05, 4.69) is 9.97 Å². The SMILES string of the molecule is CCOC(=O)c1sc2nc(COC(=O)CN3C(=O)CCC3=O)nc(N)c2c1C. The molecule has 3 rings (SSSR count). The van der Waals surface area contributed by atoms with Crippen molar-refractivity contribution in [1.82, 2.24) is 14.9 Å². The number of thiophene rings is 1. The Morgan fingerprint density at radius 1 is 1.18 bits per heavy atom. The Kier molecular flexibility index (Phi) is 5.54. The zero-order chi connectivity index (χ0) is 20.4. The van der Waals surface area contributed by atoms with Crippen molar-refractivity contribution in [3.63, 3.8) is 0 Å². The molecule has 1 aliphatic rings. The molecule has 2 amide bonds. The number of likely N-dealkylation sites (tertiary alicyclic amines) is 1. The van der Waals surface area contributed by atoms with Crippen LogP contribution >= 0.6 is 11.3 Å². The summed E-state index contributed by atoms with van der Waals surface area (Å²) in [5, 5.41) is 0.552. The first kappa shape index (κ1) is 19.7. The normalized spacial score (nSPS) is 14.0. The number of anilines is 1. The van der Waals surface area contributed by atoms with Crippen molar-refractivity contribution in [2.75, 3.05) is 18.9 Å². The fourth-order valence-electron chi connectivity index (χ4n) is 2.79. The minimum absolute atomic E-state index is 0.100. The van der Waals surface area contributed by atoms with Gasteiger partial charge in [-0.25, -0.2) is 14.8 Å². The van der Waals surface area contributed by atoms with Crippen LogP contribution in [0.4, 0.5) is 5.82 Å². The molecule has 0 aliphatic carbocycles. The summed E-state index contributed by atoms with van der Waals surface area (Å²) in [6, 6.07) is 0. The van der Waals surface area contributed by atoms with Gasteiger partial charge in [0.25, 0.3) is 0 Å². The number of carbonyl (C=O) groups excluding carboxylic acids is 4. The number of aromatic nitrogens is 2. The first-order valence-corrected chi connectivity index (χ1v) is 9.34. The largest absolute Gasteiger partial charge is 0.462 e. The van der Waals surface area contributed by atoms with E-state index in [0.29, 0.717) is 20.7 Å². The molecule has 2 N–H and O–H groups in total. The van der Waals surface area contributed by atoms with E-state index < -0.39 is 30.3 Å². The number of nitrogens with two attached hydrogens (primary N) is 1. The molecule has 1 saturated heterocycles. The van der Waals surface area contributed by atoms with Gasteiger partial charge >= 0.3 is 11.9 Å². The number of hydrogen-bond acceptors (Lipinski definition) is 10. The summed E-state index contributed by atoms with van der Waals surface area (Å²) in [5.41, 5.74) is 6.62. The third-order valence-electron chi connectivity index (χ3n) is 4.13. The number of fused-ring (bicyclic) bond motifs is 1. The molecule has 1 aliphatic heterocycles. The molecule has 0 aromatic carbocycles. The van der Waals surface area contributed by atoms with E-state index in [1.165, 1.54) is 0 Å². The topological polar surface area (TPSA) is 142 Å². The van der Waals surface area contributed by atoms with Gasteiger partial charge in [-0.05, 0) is 19.4 Å². The average molecular weight is 406 g/mol. The quantitative estimate of drug-likeness (QED) is 0.548. The Hall–Kier alpha value is -3.08. The number of imide groups is 1. The number of hydrogen-bond donors (Lipinski definition) is 1. The van der Waals surface area contributed by atoms with Gasteiger partial charge in [0.15, 0.2) is 12.4 Å². The third-order valence-corrected chi connectivity index (χ3v) is 5.30. The second-order valence-corrected chi connectivity index (χ2v) is 7.02. The van der Waals surface area contributed by atoms with E-state index in [4.69, 9.17) is 15.2 Å². The maximum absolute atomic E-state index is 12.0. The number of amides is 2. The van der Waals surface area contributed by atoms with Gasteiger partial charge < -0.3 is 15.2 Å². The molecule has 0 saturated carbocycles. The Morgan fingerprint density at radius 3 is 2.50 bits per heavy atom. The minimum atomic E-state index is -0.750. The molecule has 0 unspecified atom stereocenters. The summed E-state index contributed by atoms with van der Waals surface area (Å²) in [5.74, 6) is -1.70. The summed E-state index contributed by atoms with van der Waals surface area (Å²) >= 11 is 1.12. The molecular weight excluding hydrogens is 388 g/mol. The van der Waals surface area contributed by atoms with Gasteiger partial charge in [0.2, 0.25) is 11.8 Å². The van der Waals surface area contributed by atoms with Crippen LogP contribution in [0.3, 0.4) is 0 Å². The van der Waals surface area contributed by atoms with Crippen molar-refractivity contribution in [3.8, 4) is 0 Å². The maximum atomic E-state index is 12.0. The summed E-state index contributed by atoms with van der Waals surface area (Å²) in [6.45, 7) is 2.97. The van der Waals surface area contributed by atoms with Crippen LogP contribution in [0.25, 0.3) is 10.2 Å². The Morgan fingerprint density at radius 2 is 1.86 bits per heavy atom. The van der Waals surface area contributed by atoms with Gasteiger partial charge in [-0.15, -0.1) is 11.3 Å². The molecule has 1 fully saturated rings. The molecular formula is C17H18N4O6S. The summed E-state index contributed by atoms with van der Waals surface area (Å²) in [4.78, 5) is 57.2. The summed E-state index contributed by atoms with van der Waals surface area (Å²) in [7, 11) is 0. The van der Waals surface area contributed by atoms with Crippen molar-refractivity contribution in [2.24, 2.45) is 0 Å². The number of esters is 2. The first-order chi connectivity index (χ1) is 13.3. The maximum Gasteiger partial charge on any atom is 0.348 e. The average Bonchev–Trinajstić information content (AvgIpc) is 3.14. The molecule has 28 heavy (non-hydrogen) atoms. The second kappa shape index (κ2) is 7.89. The molecule has 10 nitrogen and oxygen atoms in total. The van der Waals surface area contributed by atoms with Crippen LogP contribution in [0, 0.1) is 6.92 Å². The van der Waals surface area contributed by atoms with Crippen molar-refractivity contribution >= 4 is 51.1 Å². The highest BCUT2D eigenvalue weighted by atomic mass is 32.1. The molecule has 0 bridgehead atoms. The molecule has 3 heterocycles. The van der Waals surface area contributed by atoms with Crippen LogP contribution in [0.15, 0.2) is 0 Å². The fourth-order valence-corrected chi connectivity index (χ4v) is 3.89. The zero-order valence-corrected chi connectivity index (χ0v) is 16.1. The lowest BCUT2D eigenvalue weighted by molar-refractivity contribution is -0.153. The lowest BCUT2D eigenvalue weighted by Gasteiger charge is -2.12. The fraction of sp³-hybridized carbons (Fsp3) is 0.412. The van der Waals surface area contributed by atoms with E-state index in [1.54, 1.807) is 13.8 Å². The Balaban J connectivity index is 1.73. The van der Waals surface area contributed by atoms with Crippen LogP contribution < -0.4 is 5.73 Å². The number of ether oxygens (including phenoxy) is 2. The van der Waals surface area contributed by atoms with Crippen LogP contribution in [0.1, 0.15) is 40.8 Å². The highest BCUT2D eigenvalue weighted by Gasteiger charge is 2.31. The summed E-state index contributed by atoms with van der Waals surface area (Å²) in [6.07, 6.45) is 0.200. The highest BCUT2D eigenvalue weighted by molar-refractivity contribution is 7.20. The van der Waals surface area contributed by atoms with E-state index in [9.17, 15) is 19.2 Å². The third kappa shape index (κ3) is 3.79. The predicted molar refractivity (Wildman–Crippen MR) is 98.3 cm³/mol. The molecule has 148 valence electrons. The Bertz CT molecular complexity index is 970. The van der Waals surface area contributed by atoms with Crippen molar-refractivity contribution in [1.29, 1.82) is 0 Å². The van der Waals surface area contributed by atoms with Crippen LogP contribution in [0.5, 0.6) is 0 Å². The second-order valence-electron chi connectivity index (χ2n) is 6.02. The van der Waals surface area contributed by atoms with Gasteiger partial charge in [-0.2, -0.15) is 0 Å². The van der Waals surface area contributed by atoms with Crippen molar-refractivity contribution < 1.29 is 28.7 Å². The van der Waals surface area contributed by atoms with Gasteiger partial charge in [0.1, 0.15) is 22.1 Å². The molecule has 0 radical (unpaired) electrons. The Labute approximate surface area is 163 Å². The molecule has 2 aromatic heterocycles. The van der Waals surface area contributed by atoms with E-state index >= 15 is 0 Å². The van der Waals surface area contributed by atoms with Gasteiger partial charge in [0.05, 0.1) is 12.0 Å². The molecule has 11 heteroatoms. The smallest absolute Gasteiger partial charge is 0.348 e. The van der Waals surface area contributed by atoms with Gasteiger partial charge in [-0.1, -0.05) is 0 Å². The van der Waals surface area contributed by atoms with Crippen LogP contribution in [-0.4, -0.2) is 51.8 Å². The van der Waals surface area contributed by atoms with E-state index in [0.717, 1.165) is 16.2 Å². The monoisotopic (exact) mass is 406 g/mol. The number of nitrogen functional groups attached to an aromatic ring is 1. The van der Waals surface area contributed by atoms with E-state index in [-0.39, 0.29) is 37.7 Å². The molecule has 2 aromatic rings. The molecule has 0 atom stereocenters. The zero-order valence-electron chi connectivity index (χ0n) is 15.3. The predicted octanol–water partition coefficient (Wildman–Crippen LogP) is 0.951. The van der Waals surface area contributed by atoms with Crippen molar-refractivity contribution in [2.45, 2.75) is 33.3 Å². The van der Waals surface area contributed by atoms with E-state index in [1.807, 2.05) is 0 Å². The standard InChI is InChI=1S/C17H18N4O6S/c1-3-26-17(25)14-8(2)13-15(18)19-9(20-16(13)28-14)7-27-12(24)6-21-10(22)4-5-11(21)23/h3-7H2,1-2H3,(H2,18,19,20). The van der Waals surface area contributed by atoms with Crippen molar-refractivity contribution in [3.05, 3.63) is 16.3 Å². The minimum Gasteiger partial charge on any atom is -0.462 e. The first-order valence-electron chi connectivity index (χ1n) is 8.53. The number of rotatable bonds is 6. The highest BCUT2D eigenvalue weighted by Crippen LogP contribution is 2.33. The van der Waals surface area contributed by atoms with Gasteiger partial charge in [0, 0.05) is 12.8 Å². The lowest BCUT2D eigenvalue weighted by Crippen LogP contribution is -2.35. The number of aryl methyl sites for hydroxylation is 1. The lowest BCUT2D eigenvalue weighted by atomic mass is 10.2. The summed E-state index contributed by atoms with van der Waals surface area (Å²) < 4.78 is 10.1.